The van der Waals surface area contributed by atoms with Gasteiger partial charge < -0.3 is 15.9 Å². The first-order valence-electron chi connectivity index (χ1n) is 3.90. The fourth-order valence-corrected chi connectivity index (χ4v) is 1.09. The monoisotopic (exact) mass is 218 g/mol. The van der Waals surface area contributed by atoms with Crippen LogP contribution >= 0.6 is 0 Å². The summed E-state index contributed by atoms with van der Waals surface area (Å²) in [5.41, 5.74) is 4.12. The van der Waals surface area contributed by atoms with E-state index in [4.69, 9.17) is 10.8 Å². The summed E-state index contributed by atoms with van der Waals surface area (Å²) in [5, 5.41) is 17.7. The molecule has 0 unspecified atom stereocenters. The highest BCUT2D eigenvalue weighted by Crippen LogP contribution is 2.30. The fraction of sp³-hybridized carbons (Fsp3) is 0.250. The van der Waals surface area contributed by atoms with Crippen molar-refractivity contribution >= 4 is 11.8 Å². The van der Waals surface area contributed by atoms with Gasteiger partial charge in [-0.1, -0.05) is 0 Å². The Balaban J connectivity index is 3.21. The topological polar surface area (TPSA) is 96.4 Å². The van der Waals surface area contributed by atoms with Gasteiger partial charge in [0.15, 0.2) is 5.69 Å². The molecule has 0 aromatic carbocycles. The lowest BCUT2D eigenvalue weighted by Gasteiger charge is -2.08. The maximum atomic E-state index is 12.3. The van der Waals surface area contributed by atoms with Crippen molar-refractivity contribution in [2.75, 3.05) is 5.73 Å². The molecule has 0 saturated heterocycles. The number of aromatic nitrogens is 1. The van der Waals surface area contributed by atoms with Crippen LogP contribution in [0.2, 0.25) is 0 Å². The zero-order valence-corrected chi connectivity index (χ0v) is 7.44. The summed E-state index contributed by atoms with van der Waals surface area (Å²) in [7, 11) is 0. The van der Waals surface area contributed by atoms with Crippen molar-refractivity contribution in [3.8, 4) is 5.75 Å². The smallest absolute Gasteiger partial charge is 0.307 e. The molecule has 4 N–H and O–H groups in total. The molecule has 0 radical (unpaired) electrons. The summed E-state index contributed by atoms with van der Waals surface area (Å²) < 4.78 is 24.6. The lowest BCUT2D eigenvalue weighted by molar-refractivity contribution is -0.136. The number of nitrogen functional groups attached to an aromatic ring is 1. The normalized spacial score (nSPS) is 10.6. The molecule has 1 rings (SSSR count). The molecule has 0 spiro atoms. The van der Waals surface area contributed by atoms with E-state index in [0.717, 1.165) is 6.07 Å². The molecule has 15 heavy (non-hydrogen) atoms. The van der Waals surface area contributed by atoms with E-state index >= 15 is 0 Å². The quantitative estimate of drug-likeness (QED) is 0.701. The van der Waals surface area contributed by atoms with Gasteiger partial charge in [-0.15, -0.1) is 0 Å². The molecule has 0 bridgehead atoms. The van der Waals surface area contributed by atoms with E-state index in [1.165, 1.54) is 0 Å². The molecule has 0 fully saturated rings. The van der Waals surface area contributed by atoms with Crippen LogP contribution in [0.25, 0.3) is 0 Å². The van der Waals surface area contributed by atoms with Crippen molar-refractivity contribution in [3.63, 3.8) is 0 Å². The highest BCUT2D eigenvalue weighted by Gasteiger charge is 2.19. The lowest BCUT2D eigenvalue weighted by atomic mass is 10.1. The van der Waals surface area contributed by atoms with Crippen LogP contribution in [0, 0.1) is 0 Å². The second-order valence-electron chi connectivity index (χ2n) is 2.81. The number of halogens is 2. The van der Waals surface area contributed by atoms with Gasteiger partial charge in [-0.2, -0.15) is 0 Å². The average Bonchev–Trinajstić information content (AvgIpc) is 2.09. The van der Waals surface area contributed by atoms with Gasteiger partial charge in [0.2, 0.25) is 0 Å². The number of nitrogens with zero attached hydrogens (tertiary/aromatic N) is 1. The van der Waals surface area contributed by atoms with Crippen LogP contribution in [-0.4, -0.2) is 21.2 Å². The molecular weight excluding hydrogens is 210 g/mol. The highest BCUT2D eigenvalue weighted by molar-refractivity contribution is 5.72. The van der Waals surface area contributed by atoms with Gasteiger partial charge in [0.1, 0.15) is 11.6 Å². The standard InChI is InChI=1S/C8H8F2N2O3/c9-8(10)6-7(15)3(2-5(13)14)1-4(11)12-6/h1,8,15H,2H2,(H2,11,12)(H,13,14). The Bertz CT molecular complexity index is 396. The molecule has 0 aliphatic carbocycles. The van der Waals surface area contributed by atoms with Crippen LogP contribution in [0.1, 0.15) is 17.7 Å². The number of rotatable bonds is 3. The molecule has 5 nitrogen and oxygen atoms in total. The average molecular weight is 218 g/mol. The van der Waals surface area contributed by atoms with Crippen LogP contribution in [0.3, 0.4) is 0 Å². The summed E-state index contributed by atoms with van der Waals surface area (Å²) in [6, 6.07) is 1.05. The Morgan fingerprint density at radius 3 is 2.67 bits per heavy atom. The van der Waals surface area contributed by atoms with E-state index in [1.807, 2.05) is 0 Å². The number of aliphatic carboxylic acids is 1. The SMILES string of the molecule is Nc1cc(CC(=O)O)c(O)c(C(F)F)n1. The van der Waals surface area contributed by atoms with Gasteiger partial charge in [0, 0.05) is 5.56 Å². The number of hydrogen-bond donors (Lipinski definition) is 3. The summed E-state index contributed by atoms with van der Waals surface area (Å²) in [6.07, 6.45) is -3.58. The molecule has 0 aliphatic heterocycles. The Morgan fingerprint density at radius 1 is 1.60 bits per heavy atom. The number of carboxylic acids is 1. The highest BCUT2D eigenvalue weighted by atomic mass is 19.3. The van der Waals surface area contributed by atoms with Crippen LogP contribution in [0.15, 0.2) is 6.07 Å². The molecule has 0 amide bonds. The minimum Gasteiger partial charge on any atom is -0.506 e. The second-order valence-corrected chi connectivity index (χ2v) is 2.81. The van der Waals surface area contributed by atoms with E-state index in [1.54, 1.807) is 0 Å². The van der Waals surface area contributed by atoms with Crippen LogP contribution in [-0.2, 0) is 11.2 Å². The Morgan fingerprint density at radius 2 is 2.20 bits per heavy atom. The largest absolute Gasteiger partial charge is 0.506 e. The first-order valence-corrected chi connectivity index (χ1v) is 3.90. The Kier molecular flexibility index (Phi) is 3.03. The van der Waals surface area contributed by atoms with Crippen molar-refractivity contribution in [1.82, 2.24) is 4.98 Å². The lowest BCUT2D eigenvalue weighted by Crippen LogP contribution is -2.05. The Labute approximate surface area is 83.2 Å². The van der Waals surface area contributed by atoms with Gasteiger partial charge >= 0.3 is 5.97 Å². The van der Waals surface area contributed by atoms with Gasteiger partial charge in [-0.05, 0) is 6.07 Å². The second kappa shape index (κ2) is 4.07. The molecule has 0 saturated carbocycles. The summed E-state index contributed by atoms with van der Waals surface area (Å²) in [4.78, 5) is 13.6. The zero-order chi connectivity index (χ0) is 11.6. The van der Waals surface area contributed by atoms with Gasteiger partial charge in [0.05, 0.1) is 6.42 Å². The van der Waals surface area contributed by atoms with Crippen molar-refractivity contribution in [1.29, 1.82) is 0 Å². The number of alkyl halides is 2. The zero-order valence-electron chi connectivity index (χ0n) is 7.44. The number of carboxylic acid groups (broad SMARTS) is 1. The molecule has 1 aromatic rings. The molecule has 7 heteroatoms. The van der Waals surface area contributed by atoms with Crippen LogP contribution in [0.4, 0.5) is 14.6 Å². The maximum absolute atomic E-state index is 12.3. The minimum absolute atomic E-state index is 0.176. The predicted octanol–water partition coefficient (Wildman–Crippen LogP) is 0.934. The minimum atomic E-state index is -3.00. The third kappa shape index (κ3) is 2.52. The third-order valence-corrected chi connectivity index (χ3v) is 1.67. The summed E-state index contributed by atoms with van der Waals surface area (Å²) in [6.45, 7) is 0. The number of nitrogens with two attached hydrogens (primary N) is 1. The van der Waals surface area contributed by atoms with Crippen molar-refractivity contribution in [3.05, 3.63) is 17.3 Å². The third-order valence-electron chi connectivity index (χ3n) is 1.67. The first-order chi connectivity index (χ1) is 6.91. The predicted molar refractivity (Wildman–Crippen MR) is 46.6 cm³/mol. The van der Waals surface area contributed by atoms with E-state index in [0.29, 0.717) is 0 Å². The van der Waals surface area contributed by atoms with Crippen molar-refractivity contribution < 1.29 is 23.8 Å². The summed E-state index contributed by atoms with van der Waals surface area (Å²) in [5.74, 6) is -2.32. The van der Waals surface area contributed by atoms with Crippen molar-refractivity contribution in [2.24, 2.45) is 0 Å². The van der Waals surface area contributed by atoms with Gasteiger partial charge in [-0.25, -0.2) is 13.8 Å². The molecule has 0 atom stereocenters. The van der Waals surface area contributed by atoms with E-state index in [2.05, 4.69) is 4.98 Å². The number of hydrogen-bond acceptors (Lipinski definition) is 4. The van der Waals surface area contributed by atoms with Crippen molar-refractivity contribution in [2.45, 2.75) is 12.8 Å². The number of pyridine rings is 1. The number of carbonyl (C=O) groups is 1. The van der Waals surface area contributed by atoms with E-state index in [-0.39, 0.29) is 11.4 Å². The fourth-order valence-electron chi connectivity index (χ4n) is 1.09. The number of anilines is 1. The number of aromatic hydroxyl groups is 1. The van der Waals surface area contributed by atoms with Crippen LogP contribution < -0.4 is 5.73 Å². The maximum Gasteiger partial charge on any atom is 0.307 e. The Hall–Kier alpha value is -1.92. The summed E-state index contributed by atoms with van der Waals surface area (Å²) >= 11 is 0. The first kappa shape index (κ1) is 11.2. The van der Waals surface area contributed by atoms with E-state index in [9.17, 15) is 18.7 Å². The molecule has 0 aliphatic rings. The molecule has 82 valence electrons. The molecule has 1 aromatic heterocycles. The molecule has 1 heterocycles. The van der Waals surface area contributed by atoms with Gasteiger partial charge in [-0.3, -0.25) is 4.79 Å². The molecular formula is C8H8F2N2O3. The van der Waals surface area contributed by atoms with Gasteiger partial charge in [0.25, 0.3) is 6.43 Å². The van der Waals surface area contributed by atoms with Crippen LogP contribution in [0.5, 0.6) is 5.75 Å². The van der Waals surface area contributed by atoms with E-state index < -0.39 is 30.3 Å².